The Kier molecular flexibility index (Phi) is 2.10. The van der Waals surface area contributed by atoms with Crippen LogP contribution in [0.5, 0.6) is 0 Å². The summed E-state index contributed by atoms with van der Waals surface area (Å²) < 4.78 is 0. The number of hydrogen-bond acceptors (Lipinski definition) is 0. The highest BCUT2D eigenvalue weighted by Gasteiger charge is 2.69. The number of nitrogens with zero attached hydrogens (tertiary/aromatic N) is 1. The van der Waals surface area contributed by atoms with Gasteiger partial charge in [-0.25, -0.2) is 6.57 Å². The predicted molar refractivity (Wildman–Crippen MR) is 70.5 cm³/mol. The van der Waals surface area contributed by atoms with Gasteiger partial charge in [-0.05, 0) is 42.4 Å². The first-order chi connectivity index (χ1) is 7.86. The van der Waals surface area contributed by atoms with Gasteiger partial charge in [-0.3, -0.25) is 0 Å². The molecule has 94 valence electrons. The molecule has 4 bridgehead atoms. The lowest BCUT2D eigenvalue weighted by molar-refractivity contribution is -0.0827. The van der Waals surface area contributed by atoms with Crippen molar-refractivity contribution in [3.63, 3.8) is 0 Å². The van der Waals surface area contributed by atoms with E-state index in [4.69, 9.17) is 6.57 Å². The SMILES string of the molecule is [C-]#[N+]C1(C(C)C)CC2C3(C)CCC2(C)CC1C3. The smallest absolute Gasteiger partial charge is 0.237 e. The Bertz CT molecular complexity index is 373. The lowest BCUT2D eigenvalue weighted by atomic mass is 9.45. The monoisotopic (exact) mass is 231 g/mol. The minimum Gasteiger partial charge on any atom is -0.310 e. The lowest BCUT2D eigenvalue weighted by Gasteiger charge is -2.58. The molecule has 4 aliphatic carbocycles. The molecule has 1 heteroatoms. The molecule has 1 nitrogen and oxygen atoms in total. The van der Waals surface area contributed by atoms with E-state index < -0.39 is 0 Å². The Morgan fingerprint density at radius 1 is 1.06 bits per heavy atom. The van der Waals surface area contributed by atoms with Crippen molar-refractivity contribution in [2.45, 2.75) is 65.3 Å². The molecule has 17 heavy (non-hydrogen) atoms. The zero-order valence-electron chi connectivity index (χ0n) is 11.7. The van der Waals surface area contributed by atoms with E-state index in [-0.39, 0.29) is 5.54 Å². The normalized spacial score (nSPS) is 56.2. The summed E-state index contributed by atoms with van der Waals surface area (Å²) in [4.78, 5) is 4.17. The second kappa shape index (κ2) is 3.08. The topological polar surface area (TPSA) is 4.36 Å². The molecule has 4 rings (SSSR count). The summed E-state index contributed by atoms with van der Waals surface area (Å²) in [5.41, 5.74) is 1.12. The fraction of sp³-hybridized carbons (Fsp3) is 0.938. The second-order valence-electron chi connectivity index (χ2n) is 7.93. The van der Waals surface area contributed by atoms with Crippen LogP contribution in [-0.4, -0.2) is 5.54 Å². The maximum absolute atomic E-state index is 7.73. The van der Waals surface area contributed by atoms with Gasteiger partial charge in [0, 0.05) is 18.3 Å². The Labute approximate surface area is 106 Å². The zero-order valence-corrected chi connectivity index (χ0v) is 11.7. The van der Waals surface area contributed by atoms with E-state index in [0.717, 1.165) is 5.92 Å². The maximum Gasteiger partial charge on any atom is 0.237 e. The Morgan fingerprint density at radius 2 is 1.59 bits per heavy atom. The minimum atomic E-state index is -0.0198. The highest BCUT2D eigenvalue weighted by Crippen LogP contribution is 2.72. The largest absolute Gasteiger partial charge is 0.310 e. The summed E-state index contributed by atoms with van der Waals surface area (Å²) in [6, 6.07) is 0. The van der Waals surface area contributed by atoms with E-state index in [2.05, 4.69) is 32.5 Å². The maximum atomic E-state index is 7.73. The van der Waals surface area contributed by atoms with Crippen LogP contribution < -0.4 is 0 Å². The molecule has 0 aromatic carbocycles. The van der Waals surface area contributed by atoms with E-state index in [0.29, 0.717) is 22.7 Å². The third kappa shape index (κ3) is 1.20. The highest BCUT2D eigenvalue weighted by molar-refractivity contribution is 5.22. The van der Waals surface area contributed by atoms with Gasteiger partial charge in [-0.15, -0.1) is 0 Å². The fourth-order valence-electron chi connectivity index (χ4n) is 5.76. The highest BCUT2D eigenvalue weighted by atomic mass is 14.9. The summed E-state index contributed by atoms with van der Waals surface area (Å²) in [5, 5.41) is 0. The average molecular weight is 231 g/mol. The first kappa shape index (κ1) is 11.6. The molecule has 0 aromatic rings. The van der Waals surface area contributed by atoms with Crippen LogP contribution in [0.4, 0.5) is 0 Å². The van der Waals surface area contributed by atoms with Gasteiger partial charge in [0.2, 0.25) is 5.54 Å². The van der Waals surface area contributed by atoms with Crippen molar-refractivity contribution < 1.29 is 0 Å². The molecule has 3 unspecified atom stereocenters. The van der Waals surface area contributed by atoms with Crippen LogP contribution >= 0.6 is 0 Å². The number of fused-ring (bicyclic) bond motifs is 1. The molecular formula is C16H25N. The standard InChI is InChI=1S/C16H25N/c1-11(2)16(17-5)10-13-14(3)6-7-15(13,4)9-12(16)8-14/h11-13H,6-10H2,1-4H3. The Hall–Kier alpha value is -0.510. The first-order valence-corrected chi connectivity index (χ1v) is 7.25. The van der Waals surface area contributed by atoms with Crippen molar-refractivity contribution >= 4 is 0 Å². The van der Waals surface area contributed by atoms with Crippen LogP contribution in [0.15, 0.2) is 0 Å². The predicted octanol–water partition coefficient (Wildman–Crippen LogP) is 4.54. The van der Waals surface area contributed by atoms with Crippen LogP contribution in [0.1, 0.15) is 59.8 Å². The fourth-order valence-corrected chi connectivity index (χ4v) is 5.76. The molecule has 0 aliphatic heterocycles. The van der Waals surface area contributed by atoms with E-state index in [9.17, 15) is 0 Å². The van der Waals surface area contributed by atoms with E-state index >= 15 is 0 Å². The van der Waals surface area contributed by atoms with Crippen molar-refractivity contribution in [1.82, 2.24) is 0 Å². The summed E-state index contributed by atoms with van der Waals surface area (Å²) in [5.74, 6) is 2.01. The summed E-state index contributed by atoms with van der Waals surface area (Å²) >= 11 is 0. The van der Waals surface area contributed by atoms with Gasteiger partial charge in [-0.2, -0.15) is 0 Å². The van der Waals surface area contributed by atoms with Crippen molar-refractivity contribution in [2.75, 3.05) is 0 Å². The van der Waals surface area contributed by atoms with Gasteiger partial charge in [-0.1, -0.05) is 27.7 Å². The van der Waals surface area contributed by atoms with Crippen molar-refractivity contribution in [1.29, 1.82) is 0 Å². The minimum absolute atomic E-state index is 0.0198. The molecule has 0 radical (unpaired) electrons. The van der Waals surface area contributed by atoms with Crippen LogP contribution in [0.25, 0.3) is 4.85 Å². The van der Waals surface area contributed by atoms with Crippen LogP contribution in [0, 0.1) is 35.2 Å². The van der Waals surface area contributed by atoms with E-state index in [1.165, 1.54) is 32.1 Å². The van der Waals surface area contributed by atoms with Gasteiger partial charge >= 0.3 is 0 Å². The van der Waals surface area contributed by atoms with E-state index in [1.807, 2.05) is 0 Å². The van der Waals surface area contributed by atoms with Crippen molar-refractivity contribution in [3.05, 3.63) is 11.4 Å². The molecule has 3 atom stereocenters. The van der Waals surface area contributed by atoms with Crippen molar-refractivity contribution in [3.8, 4) is 0 Å². The third-order valence-corrected chi connectivity index (χ3v) is 6.82. The van der Waals surface area contributed by atoms with Gasteiger partial charge in [0.1, 0.15) is 0 Å². The van der Waals surface area contributed by atoms with Crippen LogP contribution in [0.3, 0.4) is 0 Å². The number of rotatable bonds is 1. The second-order valence-corrected chi connectivity index (χ2v) is 7.93. The first-order valence-electron chi connectivity index (χ1n) is 7.25. The molecule has 0 aromatic heterocycles. The third-order valence-electron chi connectivity index (χ3n) is 6.82. The summed E-state index contributed by atoms with van der Waals surface area (Å²) in [6.45, 7) is 17.3. The molecule has 0 heterocycles. The van der Waals surface area contributed by atoms with Crippen LogP contribution in [0.2, 0.25) is 0 Å². The molecule has 0 N–H and O–H groups in total. The zero-order chi connectivity index (χ0) is 12.5. The van der Waals surface area contributed by atoms with Gasteiger partial charge < -0.3 is 4.85 Å². The average Bonchev–Trinajstić information content (AvgIpc) is 2.42. The molecule has 0 saturated heterocycles. The van der Waals surface area contributed by atoms with Gasteiger partial charge in [0.15, 0.2) is 0 Å². The Morgan fingerprint density at radius 3 is 1.94 bits per heavy atom. The molecular weight excluding hydrogens is 206 g/mol. The van der Waals surface area contributed by atoms with Gasteiger partial charge in [0.05, 0.1) is 0 Å². The lowest BCUT2D eigenvalue weighted by Crippen LogP contribution is -2.58. The van der Waals surface area contributed by atoms with Gasteiger partial charge in [0.25, 0.3) is 0 Å². The number of hydrogen-bond donors (Lipinski definition) is 0. The molecule has 4 saturated carbocycles. The molecule has 0 amide bonds. The quantitative estimate of drug-likeness (QED) is 0.584. The van der Waals surface area contributed by atoms with E-state index in [1.54, 1.807) is 0 Å². The summed E-state index contributed by atoms with van der Waals surface area (Å²) in [7, 11) is 0. The Balaban J connectivity index is 2.04. The summed E-state index contributed by atoms with van der Waals surface area (Å²) in [6.07, 6.45) is 6.67. The molecule has 4 aliphatic rings. The van der Waals surface area contributed by atoms with Crippen molar-refractivity contribution in [2.24, 2.45) is 28.6 Å². The molecule has 4 fully saturated rings. The molecule has 0 spiro atoms. The van der Waals surface area contributed by atoms with Crippen LogP contribution in [-0.2, 0) is 0 Å².